The summed E-state index contributed by atoms with van der Waals surface area (Å²) in [6, 6.07) is 1.83. The number of aromatic nitrogens is 1. The fraction of sp³-hybridized carbons (Fsp3) is 0.529. The van der Waals surface area contributed by atoms with Gasteiger partial charge in [-0.15, -0.1) is 0 Å². The number of carbonyl (C=O) groups is 1. The fourth-order valence-corrected chi connectivity index (χ4v) is 3.24. The molecular weight excluding hydrogens is 294 g/mol. The SMILES string of the molecule is CC1=NCC2N=C(C3CC3)C=C(C(=O)OCc3cc(C)on3)C12. The van der Waals surface area contributed by atoms with Gasteiger partial charge in [0.15, 0.2) is 0 Å². The molecule has 0 aromatic carbocycles. The Labute approximate surface area is 134 Å². The van der Waals surface area contributed by atoms with Crippen LogP contribution in [-0.2, 0) is 16.1 Å². The summed E-state index contributed by atoms with van der Waals surface area (Å²) >= 11 is 0. The van der Waals surface area contributed by atoms with Crippen molar-refractivity contribution in [2.75, 3.05) is 6.54 Å². The first kappa shape index (κ1) is 14.4. The van der Waals surface area contributed by atoms with E-state index < -0.39 is 0 Å². The van der Waals surface area contributed by atoms with Crippen LogP contribution in [0.3, 0.4) is 0 Å². The number of ether oxygens (including phenoxy) is 1. The Morgan fingerprint density at radius 3 is 2.91 bits per heavy atom. The van der Waals surface area contributed by atoms with Crippen molar-refractivity contribution in [3.63, 3.8) is 0 Å². The van der Waals surface area contributed by atoms with Gasteiger partial charge in [-0.25, -0.2) is 4.79 Å². The quantitative estimate of drug-likeness (QED) is 0.799. The van der Waals surface area contributed by atoms with E-state index in [1.54, 1.807) is 6.07 Å². The van der Waals surface area contributed by atoms with E-state index in [4.69, 9.17) is 14.3 Å². The molecule has 2 aliphatic heterocycles. The molecule has 23 heavy (non-hydrogen) atoms. The van der Waals surface area contributed by atoms with E-state index in [0.29, 0.717) is 29.5 Å². The minimum Gasteiger partial charge on any atom is -0.456 e. The molecule has 0 N–H and O–H groups in total. The van der Waals surface area contributed by atoms with Gasteiger partial charge in [-0.1, -0.05) is 5.16 Å². The summed E-state index contributed by atoms with van der Waals surface area (Å²) in [5, 5.41) is 3.85. The second-order valence-electron chi connectivity index (χ2n) is 6.46. The summed E-state index contributed by atoms with van der Waals surface area (Å²) in [5.74, 6) is 0.877. The Kier molecular flexibility index (Phi) is 3.39. The van der Waals surface area contributed by atoms with Gasteiger partial charge in [-0.3, -0.25) is 9.98 Å². The van der Waals surface area contributed by atoms with Gasteiger partial charge in [0.1, 0.15) is 18.1 Å². The molecule has 3 heterocycles. The Morgan fingerprint density at radius 1 is 1.39 bits per heavy atom. The molecule has 6 heteroatoms. The number of carbonyl (C=O) groups excluding carboxylic acids is 1. The van der Waals surface area contributed by atoms with Crippen LogP contribution < -0.4 is 0 Å². The highest BCUT2D eigenvalue weighted by Gasteiger charge is 2.41. The van der Waals surface area contributed by atoms with E-state index in [2.05, 4.69) is 10.1 Å². The normalized spacial score (nSPS) is 26.3. The minimum absolute atomic E-state index is 0.0379. The molecule has 0 spiro atoms. The van der Waals surface area contributed by atoms with Crippen molar-refractivity contribution in [3.05, 3.63) is 29.2 Å². The molecule has 6 nitrogen and oxygen atoms in total. The van der Waals surface area contributed by atoms with Gasteiger partial charge in [0.2, 0.25) is 0 Å². The van der Waals surface area contributed by atoms with Crippen molar-refractivity contribution in [3.8, 4) is 0 Å². The van der Waals surface area contributed by atoms with Crippen LogP contribution in [0.1, 0.15) is 31.2 Å². The third-order valence-electron chi connectivity index (χ3n) is 4.58. The minimum atomic E-state index is -0.301. The summed E-state index contributed by atoms with van der Waals surface area (Å²) in [6.45, 7) is 4.56. The molecule has 120 valence electrons. The molecule has 0 radical (unpaired) electrons. The predicted molar refractivity (Wildman–Crippen MR) is 84.5 cm³/mol. The van der Waals surface area contributed by atoms with Gasteiger partial charge >= 0.3 is 5.97 Å². The highest BCUT2D eigenvalue weighted by atomic mass is 16.5. The molecule has 4 rings (SSSR count). The molecule has 2 atom stereocenters. The van der Waals surface area contributed by atoms with Crippen LogP contribution in [0.2, 0.25) is 0 Å². The van der Waals surface area contributed by atoms with Gasteiger partial charge < -0.3 is 9.26 Å². The van der Waals surface area contributed by atoms with Gasteiger partial charge in [-0.05, 0) is 32.8 Å². The van der Waals surface area contributed by atoms with Crippen molar-refractivity contribution >= 4 is 17.4 Å². The summed E-state index contributed by atoms with van der Waals surface area (Å²) < 4.78 is 10.4. The molecule has 1 fully saturated rings. The second-order valence-corrected chi connectivity index (χ2v) is 6.46. The van der Waals surface area contributed by atoms with Crippen LogP contribution in [0.15, 0.2) is 32.2 Å². The Hall–Kier alpha value is -2.24. The number of nitrogens with zero attached hydrogens (tertiary/aromatic N) is 3. The average molecular weight is 313 g/mol. The number of dihydropyridines is 1. The molecule has 1 aliphatic carbocycles. The maximum absolute atomic E-state index is 12.6. The van der Waals surface area contributed by atoms with Gasteiger partial charge in [0.05, 0.1) is 18.5 Å². The third kappa shape index (κ3) is 2.73. The largest absolute Gasteiger partial charge is 0.456 e. The summed E-state index contributed by atoms with van der Waals surface area (Å²) in [6.07, 6.45) is 4.25. The van der Waals surface area contributed by atoms with Gasteiger partial charge in [-0.2, -0.15) is 0 Å². The lowest BCUT2D eigenvalue weighted by atomic mass is 9.86. The van der Waals surface area contributed by atoms with Crippen molar-refractivity contribution in [2.45, 2.75) is 39.3 Å². The topological polar surface area (TPSA) is 77.0 Å². The highest BCUT2D eigenvalue weighted by Crippen LogP contribution is 2.37. The lowest BCUT2D eigenvalue weighted by Gasteiger charge is -2.24. The Bertz CT molecular complexity index is 740. The van der Waals surface area contributed by atoms with E-state index in [9.17, 15) is 4.79 Å². The van der Waals surface area contributed by atoms with Gasteiger partial charge in [0.25, 0.3) is 0 Å². The number of fused-ring (bicyclic) bond motifs is 1. The molecule has 0 bridgehead atoms. The Morgan fingerprint density at radius 2 is 2.22 bits per heavy atom. The van der Waals surface area contributed by atoms with Crippen LogP contribution in [-0.4, -0.2) is 35.1 Å². The first-order valence-corrected chi connectivity index (χ1v) is 8.01. The molecule has 1 saturated carbocycles. The first-order chi connectivity index (χ1) is 11.1. The van der Waals surface area contributed by atoms with E-state index in [-0.39, 0.29) is 24.5 Å². The maximum atomic E-state index is 12.6. The average Bonchev–Trinajstić information content (AvgIpc) is 3.22. The van der Waals surface area contributed by atoms with E-state index in [1.807, 2.05) is 19.9 Å². The number of aliphatic imine (C=N–C) groups is 2. The van der Waals surface area contributed by atoms with Crippen LogP contribution >= 0.6 is 0 Å². The van der Waals surface area contributed by atoms with Crippen molar-refractivity contribution in [1.29, 1.82) is 0 Å². The van der Waals surface area contributed by atoms with Crippen molar-refractivity contribution in [2.24, 2.45) is 21.8 Å². The molecule has 0 amide bonds. The predicted octanol–water partition coefficient (Wildman–Crippen LogP) is 2.28. The third-order valence-corrected chi connectivity index (χ3v) is 4.58. The number of esters is 1. The number of hydrogen-bond donors (Lipinski definition) is 0. The van der Waals surface area contributed by atoms with Crippen molar-refractivity contribution in [1.82, 2.24) is 5.16 Å². The van der Waals surface area contributed by atoms with Crippen LogP contribution in [0, 0.1) is 18.8 Å². The summed E-state index contributed by atoms with van der Waals surface area (Å²) in [5.41, 5.74) is 3.32. The van der Waals surface area contributed by atoms with E-state index >= 15 is 0 Å². The smallest absolute Gasteiger partial charge is 0.335 e. The molecule has 2 unspecified atom stereocenters. The van der Waals surface area contributed by atoms with E-state index in [1.165, 1.54) is 0 Å². The zero-order chi connectivity index (χ0) is 16.0. The standard InChI is InChI=1S/C17H19N3O3/c1-9-5-12(20-23-9)8-22-17(21)13-6-14(11-3-4-11)19-15-7-18-10(2)16(13)15/h5-6,11,15-16H,3-4,7-8H2,1-2H3. The first-order valence-electron chi connectivity index (χ1n) is 8.01. The lowest BCUT2D eigenvalue weighted by molar-refractivity contribution is -0.140. The molecule has 1 aromatic rings. The van der Waals surface area contributed by atoms with Crippen LogP contribution in [0.25, 0.3) is 0 Å². The second kappa shape index (κ2) is 5.44. The monoisotopic (exact) mass is 313 g/mol. The summed E-state index contributed by atoms with van der Waals surface area (Å²) in [7, 11) is 0. The number of allylic oxidation sites excluding steroid dienone is 1. The summed E-state index contributed by atoms with van der Waals surface area (Å²) in [4.78, 5) is 21.9. The number of rotatable bonds is 4. The van der Waals surface area contributed by atoms with E-state index in [0.717, 1.165) is 24.3 Å². The zero-order valence-corrected chi connectivity index (χ0v) is 13.3. The fourth-order valence-electron chi connectivity index (χ4n) is 3.24. The Balaban J connectivity index is 1.53. The molecular formula is C17H19N3O3. The zero-order valence-electron chi connectivity index (χ0n) is 13.3. The maximum Gasteiger partial charge on any atom is 0.335 e. The highest BCUT2D eigenvalue weighted by molar-refractivity contribution is 6.10. The number of hydrogen-bond acceptors (Lipinski definition) is 6. The van der Waals surface area contributed by atoms with Crippen LogP contribution in [0.5, 0.6) is 0 Å². The lowest BCUT2D eigenvalue weighted by Crippen LogP contribution is -2.32. The van der Waals surface area contributed by atoms with Crippen molar-refractivity contribution < 1.29 is 14.1 Å². The van der Waals surface area contributed by atoms with Crippen LogP contribution in [0.4, 0.5) is 0 Å². The molecule has 0 saturated heterocycles. The molecule has 3 aliphatic rings. The molecule has 1 aromatic heterocycles. The van der Waals surface area contributed by atoms with Gasteiger partial charge in [0, 0.05) is 29.0 Å². The number of aryl methyl sites for hydroxylation is 1.